The van der Waals surface area contributed by atoms with Crippen LogP contribution < -0.4 is 20.1 Å². The number of aromatic hydroxyl groups is 1. The van der Waals surface area contributed by atoms with E-state index < -0.39 is 12.2 Å². The molecule has 0 fully saturated rings. The van der Waals surface area contributed by atoms with Gasteiger partial charge in [0.25, 0.3) is 5.91 Å². The molecular formula is C18H20N2O5. The van der Waals surface area contributed by atoms with Gasteiger partial charge in [-0.3, -0.25) is 4.79 Å². The number of nitrogens with one attached hydrogen (secondary N) is 2. The number of amides is 2. The average Bonchev–Trinajstić information content (AvgIpc) is 2.61. The minimum Gasteiger partial charge on any atom is -0.508 e. The fourth-order valence-corrected chi connectivity index (χ4v) is 1.91. The van der Waals surface area contributed by atoms with Gasteiger partial charge >= 0.3 is 6.09 Å². The standard InChI is InChI=1S/C18H20N2O5/c1-13(24-16-9-7-14(21)8-10-16)17(22)19-11-12-20-18(23)25-15-5-3-2-4-6-15/h2-10,13,21H,11-12H2,1H3,(H,19,22)(H,20,23). The van der Waals surface area contributed by atoms with Crippen molar-refractivity contribution in [1.82, 2.24) is 10.6 Å². The smallest absolute Gasteiger partial charge is 0.412 e. The SMILES string of the molecule is CC(Oc1ccc(O)cc1)C(=O)NCCNC(=O)Oc1ccccc1. The van der Waals surface area contributed by atoms with Crippen LogP contribution in [0.25, 0.3) is 0 Å². The zero-order chi connectivity index (χ0) is 18.1. The Morgan fingerprint density at radius 3 is 2.28 bits per heavy atom. The van der Waals surface area contributed by atoms with Gasteiger partial charge in [0.2, 0.25) is 0 Å². The van der Waals surface area contributed by atoms with E-state index in [1.807, 2.05) is 6.07 Å². The molecule has 2 amide bonds. The highest BCUT2D eigenvalue weighted by molar-refractivity contribution is 5.80. The van der Waals surface area contributed by atoms with Crippen LogP contribution in [0.1, 0.15) is 6.92 Å². The Morgan fingerprint density at radius 1 is 0.960 bits per heavy atom. The molecule has 0 aliphatic rings. The first-order valence-electron chi connectivity index (χ1n) is 7.79. The highest BCUT2D eigenvalue weighted by Gasteiger charge is 2.14. The molecule has 0 spiro atoms. The largest absolute Gasteiger partial charge is 0.508 e. The van der Waals surface area contributed by atoms with E-state index in [1.54, 1.807) is 43.3 Å². The molecule has 7 heteroatoms. The molecule has 0 bridgehead atoms. The van der Waals surface area contributed by atoms with Crippen LogP contribution in [0.2, 0.25) is 0 Å². The molecule has 0 saturated carbocycles. The van der Waals surface area contributed by atoms with Gasteiger partial charge in [-0.05, 0) is 43.3 Å². The fraction of sp³-hybridized carbons (Fsp3) is 0.222. The molecule has 2 aromatic carbocycles. The summed E-state index contributed by atoms with van der Waals surface area (Å²) in [6.07, 6.45) is -1.30. The second kappa shape index (κ2) is 9.17. The number of hydrogen-bond donors (Lipinski definition) is 3. The topological polar surface area (TPSA) is 96.9 Å². The van der Waals surface area contributed by atoms with Crippen molar-refractivity contribution in [2.24, 2.45) is 0 Å². The maximum Gasteiger partial charge on any atom is 0.412 e. The molecule has 3 N–H and O–H groups in total. The number of rotatable bonds is 7. The lowest BCUT2D eigenvalue weighted by Gasteiger charge is -2.15. The summed E-state index contributed by atoms with van der Waals surface area (Å²) >= 11 is 0. The number of phenols is 1. The van der Waals surface area contributed by atoms with E-state index in [2.05, 4.69) is 10.6 Å². The van der Waals surface area contributed by atoms with Crippen LogP contribution in [-0.2, 0) is 4.79 Å². The number of phenolic OH excluding ortho intramolecular Hbond substituents is 1. The summed E-state index contributed by atoms with van der Waals surface area (Å²) in [5.74, 6) is 0.731. The van der Waals surface area contributed by atoms with Crippen molar-refractivity contribution in [1.29, 1.82) is 0 Å². The van der Waals surface area contributed by atoms with Crippen molar-refractivity contribution >= 4 is 12.0 Å². The monoisotopic (exact) mass is 344 g/mol. The van der Waals surface area contributed by atoms with Crippen LogP contribution >= 0.6 is 0 Å². The second-order valence-corrected chi connectivity index (χ2v) is 5.17. The van der Waals surface area contributed by atoms with E-state index in [1.165, 1.54) is 12.1 Å². The Kier molecular flexibility index (Phi) is 6.65. The Morgan fingerprint density at radius 2 is 1.60 bits per heavy atom. The average molecular weight is 344 g/mol. The third-order valence-electron chi connectivity index (χ3n) is 3.17. The van der Waals surface area contributed by atoms with E-state index in [0.717, 1.165) is 0 Å². The van der Waals surface area contributed by atoms with Crippen molar-refractivity contribution in [3.05, 3.63) is 54.6 Å². The minimum absolute atomic E-state index is 0.123. The summed E-state index contributed by atoms with van der Waals surface area (Å²) in [4.78, 5) is 23.5. The molecule has 1 unspecified atom stereocenters. The predicted molar refractivity (Wildman–Crippen MR) is 91.7 cm³/mol. The molecular weight excluding hydrogens is 324 g/mol. The van der Waals surface area contributed by atoms with E-state index in [9.17, 15) is 14.7 Å². The van der Waals surface area contributed by atoms with Crippen LogP contribution in [0.5, 0.6) is 17.2 Å². The Balaban J connectivity index is 1.64. The zero-order valence-corrected chi connectivity index (χ0v) is 13.8. The van der Waals surface area contributed by atoms with Crippen LogP contribution in [0, 0.1) is 0 Å². The fourth-order valence-electron chi connectivity index (χ4n) is 1.91. The summed E-state index contributed by atoms with van der Waals surface area (Å²) in [6.45, 7) is 2.08. The first kappa shape index (κ1) is 18.1. The number of carbonyl (C=O) groups excluding carboxylic acids is 2. The number of para-hydroxylation sites is 1. The molecule has 0 heterocycles. The van der Waals surface area contributed by atoms with Gasteiger partial charge in [0, 0.05) is 13.1 Å². The Labute approximate surface area is 145 Å². The molecule has 2 rings (SSSR count). The van der Waals surface area contributed by atoms with Gasteiger partial charge in [0.15, 0.2) is 6.10 Å². The maximum absolute atomic E-state index is 11.9. The van der Waals surface area contributed by atoms with Gasteiger partial charge in [0.05, 0.1) is 0 Å². The quantitative estimate of drug-likeness (QED) is 0.668. The summed E-state index contributed by atoms with van der Waals surface area (Å²) in [7, 11) is 0. The predicted octanol–water partition coefficient (Wildman–Crippen LogP) is 2.06. The lowest BCUT2D eigenvalue weighted by atomic mass is 10.3. The first-order valence-corrected chi connectivity index (χ1v) is 7.79. The van der Waals surface area contributed by atoms with Crippen molar-refractivity contribution in [3.63, 3.8) is 0 Å². The highest BCUT2D eigenvalue weighted by Crippen LogP contribution is 2.17. The van der Waals surface area contributed by atoms with Crippen molar-refractivity contribution in [2.75, 3.05) is 13.1 Å². The molecule has 132 valence electrons. The van der Waals surface area contributed by atoms with Gasteiger partial charge in [-0.15, -0.1) is 0 Å². The van der Waals surface area contributed by atoms with Crippen LogP contribution in [0.4, 0.5) is 4.79 Å². The lowest BCUT2D eigenvalue weighted by Crippen LogP contribution is -2.41. The zero-order valence-electron chi connectivity index (χ0n) is 13.8. The molecule has 0 saturated heterocycles. The van der Waals surface area contributed by atoms with Crippen LogP contribution in [0.3, 0.4) is 0 Å². The van der Waals surface area contributed by atoms with Gasteiger partial charge in [-0.25, -0.2) is 4.79 Å². The third kappa shape index (κ3) is 6.42. The van der Waals surface area contributed by atoms with E-state index in [0.29, 0.717) is 11.5 Å². The van der Waals surface area contributed by atoms with Gasteiger partial charge < -0.3 is 25.2 Å². The number of ether oxygens (including phenoxy) is 2. The Hall–Kier alpha value is -3.22. The molecule has 0 aromatic heterocycles. The molecule has 2 aromatic rings. The maximum atomic E-state index is 11.9. The lowest BCUT2D eigenvalue weighted by molar-refractivity contribution is -0.127. The number of carbonyl (C=O) groups is 2. The van der Waals surface area contributed by atoms with Gasteiger partial charge in [0.1, 0.15) is 17.2 Å². The first-order chi connectivity index (χ1) is 12.0. The third-order valence-corrected chi connectivity index (χ3v) is 3.17. The Bertz CT molecular complexity index is 688. The summed E-state index contributed by atoms with van der Waals surface area (Å²) in [6, 6.07) is 14.8. The van der Waals surface area contributed by atoms with Crippen molar-refractivity contribution < 1.29 is 24.2 Å². The number of hydrogen-bond acceptors (Lipinski definition) is 5. The van der Waals surface area contributed by atoms with Crippen molar-refractivity contribution in [3.8, 4) is 17.2 Å². The second-order valence-electron chi connectivity index (χ2n) is 5.17. The molecule has 0 aliphatic heterocycles. The normalized spacial score (nSPS) is 11.2. The summed E-state index contributed by atoms with van der Waals surface area (Å²) in [5.41, 5.74) is 0. The molecule has 0 aliphatic carbocycles. The molecule has 7 nitrogen and oxygen atoms in total. The van der Waals surface area contributed by atoms with Gasteiger partial charge in [-0.2, -0.15) is 0 Å². The van der Waals surface area contributed by atoms with Gasteiger partial charge in [-0.1, -0.05) is 18.2 Å². The van der Waals surface area contributed by atoms with Crippen LogP contribution in [0.15, 0.2) is 54.6 Å². The van der Waals surface area contributed by atoms with Crippen LogP contribution in [-0.4, -0.2) is 36.3 Å². The van der Waals surface area contributed by atoms with E-state index >= 15 is 0 Å². The molecule has 1 atom stereocenters. The summed E-state index contributed by atoms with van der Waals surface area (Å²) in [5, 5.41) is 14.4. The number of benzene rings is 2. The van der Waals surface area contributed by atoms with Crippen molar-refractivity contribution in [2.45, 2.75) is 13.0 Å². The molecule has 25 heavy (non-hydrogen) atoms. The van der Waals surface area contributed by atoms with E-state index in [-0.39, 0.29) is 24.7 Å². The highest BCUT2D eigenvalue weighted by atomic mass is 16.6. The molecule has 0 radical (unpaired) electrons. The van der Waals surface area contributed by atoms with E-state index in [4.69, 9.17) is 9.47 Å². The summed E-state index contributed by atoms with van der Waals surface area (Å²) < 4.78 is 10.5. The minimum atomic E-state index is -0.708.